The number of tetrazole rings is 1. The fourth-order valence-electron chi connectivity index (χ4n) is 4.51. The highest BCUT2D eigenvalue weighted by atomic mass is 35.5. The maximum Gasteiger partial charge on any atom is 0.197 e. The lowest BCUT2D eigenvalue weighted by Gasteiger charge is -2.32. The van der Waals surface area contributed by atoms with Crippen LogP contribution in [0.4, 0.5) is 0 Å². The first kappa shape index (κ1) is 21.8. The molecule has 1 aliphatic carbocycles. The van der Waals surface area contributed by atoms with Gasteiger partial charge in [0.15, 0.2) is 5.82 Å². The van der Waals surface area contributed by atoms with Crippen LogP contribution in [0.15, 0.2) is 66.4 Å². The van der Waals surface area contributed by atoms with Gasteiger partial charge in [-0.25, -0.2) is 4.98 Å². The van der Waals surface area contributed by atoms with Crippen LogP contribution in [-0.4, -0.2) is 30.6 Å². The van der Waals surface area contributed by atoms with Gasteiger partial charge in [-0.1, -0.05) is 54.4 Å². The minimum Gasteiger partial charge on any atom is -0.263 e. The molecule has 3 aromatic heterocycles. The molecule has 1 fully saturated rings. The summed E-state index contributed by atoms with van der Waals surface area (Å²) in [6.45, 7) is 0. The van der Waals surface area contributed by atoms with E-state index in [1.807, 2.05) is 29.9 Å². The Labute approximate surface area is 211 Å². The van der Waals surface area contributed by atoms with Crippen LogP contribution in [-0.2, 0) is 0 Å². The van der Waals surface area contributed by atoms with Gasteiger partial charge in [-0.2, -0.15) is 5.21 Å². The van der Waals surface area contributed by atoms with Crippen LogP contribution in [0.25, 0.3) is 33.5 Å². The maximum absolute atomic E-state index is 6.72. The van der Waals surface area contributed by atoms with Crippen LogP contribution in [0.3, 0.4) is 0 Å². The fourth-order valence-corrected chi connectivity index (χ4v) is 5.39. The molecule has 0 saturated heterocycles. The number of pyridine rings is 1. The molecule has 1 aliphatic rings. The Bertz CT molecular complexity index is 1530. The Morgan fingerprint density at radius 2 is 1.89 bits per heavy atom. The van der Waals surface area contributed by atoms with E-state index >= 15 is 0 Å². The lowest BCUT2D eigenvalue weighted by atomic mass is 9.73. The van der Waals surface area contributed by atoms with Crippen LogP contribution in [0.2, 0.25) is 5.02 Å². The van der Waals surface area contributed by atoms with Crippen molar-refractivity contribution in [2.45, 2.75) is 19.3 Å². The van der Waals surface area contributed by atoms with Crippen LogP contribution in [0.1, 0.15) is 47.3 Å². The number of rotatable bonds is 6. The minimum absolute atomic E-state index is 0.453. The molecule has 2 aromatic carbocycles. The van der Waals surface area contributed by atoms with Crippen molar-refractivity contribution >= 4 is 56.5 Å². The van der Waals surface area contributed by atoms with Crippen molar-refractivity contribution in [3.63, 3.8) is 0 Å². The highest BCUT2D eigenvalue weighted by molar-refractivity contribution is 7.16. The molecule has 0 spiro atoms. The SMILES string of the molecule is Clc1cnccc1/C(=C(\c1ccc(/C=C/c2nn[nH]n2)cc1)c1ccc2scnc2c1)C1CCC1. The van der Waals surface area contributed by atoms with Gasteiger partial charge in [-0.05, 0) is 76.1 Å². The second-order valence-corrected chi connectivity index (χ2v) is 9.83. The van der Waals surface area contributed by atoms with Gasteiger partial charge >= 0.3 is 0 Å². The zero-order valence-corrected chi connectivity index (χ0v) is 20.3. The van der Waals surface area contributed by atoms with Gasteiger partial charge in [0.25, 0.3) is 0 Å². The Kier molecular flexibility index (Phi) is 5.94. The molecule has 172 valence electrons. The first-order valence-corrected chi connectivity index (χ1v) is 12.7. The summed E-state index contributed by atoms with van der Waals surface area (Å²) < 4.78 is 1.18. The van der Waals surface area contributed by atoms with Crippen molar-refractivity contribution in [3.8, 4) is 0 Å². The zero-order chi connectivity index (χ0) is 23.6. The van der Waals surface area contributed by atoms with Crippen molar-refractivity contribution in [2.75, 3.05) is 0 Å². The van der Waals surface area contributed by atoms with E-state index in [4.69, 9.17) is 11.6 Å². The van der Waals surface area contributed by atoms with Crippen molar-refractivity contribution in [1.82, 2.24) is 30.6 Å². The molecule has 0 bridgehead atoms. The van der Waals surface area contributed by atoms with E-state index in [2.05, 4.69) is 73.1 Å². The number of hydrogen-bond acceptors (Lipinski definition) is 6. The normalized spacial score (nSPS) is 14.9. The molecule has 6 nitrogen and oxygen atoms in total. The number of nitrogens with zero attached hydrogens (tertiary/aromatic N) is 5. The van der Waals surface area contributed by atoms with Crippen LogP contribution >= 0.6 is 22.9 Å². The molecule has 35 heavy (non-hydrogen) atoms. The summed E-state index contributed by atoms with van der Waals surface area (Å²) in [6, 6.07) is 17.2. The number of hydrogen-bond donors (Lipinski definition) is 1. The number of fused-ring (bicyclic) bond motifs is 1. The second kappa shape index (κ2) is 9.52. The first-order valence-electron chi connectivity index (χ1n) is 11.5. The number of aromatic amines is 1. The lowest BCUT2D eigenvalue weighted by Crippen LogP contribution is -2.15. The molecule has 1 N–H and O–H groups in total. The van der Waals surface area contributed by atoms with Gasteiger partial charge in [0.2, 0.25) is 0 Å². The molecular weight excluding hydrogens is 476 g/mol. The van der Waals surface area contributed by atoms with E-state index in [9.17, 15) is 0 Å². The zero-order valence-electron chi connectivity index (χ0n) is 18.7. The standard InChI is InChI=1S/C27H21ClN6S/c28-22-15-29-13-12-21(22)27(18-2-1-3-18)26(20-9-10-24-23(14-20)30-16-35-24)19-7-4-17(5-8-19)6-11-25-31-33-34-32-25/h4-16,18H,1-3H2,(H,31,32,33,34)/b11-6+,27-26+. The van der Waals surface area contributed by atoms with Crippen molar-refractivity contribution in [1.29, 1.82) is 0 Å². The Hall–Kier alpha value is -3.68. The number of H-pyrrole nitrogens is 1. The average Bonchev–Trinajstić information content (AvgIpc) is 3.54. The predicted octanol–water partition coefficient (Wildman–Crippen LogP) is 6.79. The summed E-state index contributed by atoms with van der Waals surface area (Å²) >= 11 is 8.38. The molecule has 3 heterocycles. The van der Waals surface area contributed by atoms with E-state index in [0.717, 1.165) is 40.6 Å². The van der Waals surface area contributed by atoms with E-state index in [0.29, 0.717) is 16.8 Å². The van der Waals surface area contributed by atoms with E-state index in [1.54, 1.807) is 17.5 Å². The van der Waals surface area contributed by atoms with Crippen molar-refractivity contribution < 1.29 is 0 Å². The molecule has 0 amide bonds. The summed E-state index contributed by atoms with van der Waals surface area (Å²) in [5.74, 6) is 1.000. The number of allylic oxidation sites excluding steroid dienone is 1. The fraction of sp³-hybridized carbons (Fsp3) is 0.148. The largest absolute Gasteiger partial charge is 0.263 e. The average molecular weight is 497 g/mol. The Morgan fingerprint density at radius 1 is 1.03 bits per heavy atom. The molecule has 1 saturated carbocycles. The monoisotopic (exact) mass is 496 g/mol. The Balaban J connectivity index is 1.52. The van der Waals surface area contributed by atoms with Crippen molar-refractivity contribution in [3.05, 3.63) is 99.5 Å². The molecule has 0 atom stereocenters. The highest BCUT2D eigenvalue weighted by Crippen LogP contribution is 2.46. The van der Waals surface area contributed by atoms with Gasteiger partial charge in [-0.3, -0.25) is 4.98 Å². The summed E-state index contributed by atoms with van der Waals surface area (Å²) in [7, 11) is 0. The van der Waals surface area contributed by atoms with Gasteiger partial charge in [0.1, 0.15) is 0 Å². The van der Waals surface area contributed by atoms with Gasteiger partial charge in [-0.15, -0.1) is 21.5 Å². The second-order valence-electron chi connectivity index (χ2n) is 8.53. The van der Waals surface area contributed by atoms with E-state index < -0.39 is 0 Å². The maximum atomic E-state index is 6.72. The summed E-state index contributed by atoms with van der Waals surface area (Å²) in [5.41, 5.74) is 9.80. The van der Waals surface area contributed by atoms with E-state index in [-0.39, 0.29) is 0 Å². The minimum atomic E-state index is 0.453. The molecular formula is C27H21ClN6S. The molecule has 0 radical (unpaired) electrons. The number of halogens is 1. The predicted molar refractivity (Wildman–Crippen MR) is 142 cm³/mol. The van der Waals surface area contributed by atoms with E-state index in [1.165, 1.54) is 22.3 Å². The van der Waals surface area contributed by atoms with Gasteiger partial charge < -0.3 is 0 Å². The van der Waals surface area contributed by atoms with Crippen LogP contribution in [0, 0.1) is 5.92 Å². The van der Waals surface area contributed by atoms with Gasteiger partial charge in [0, 0.05) is 18.0 Å². The quantitative estimate of drug-likeness (QED) is 0.280. The summed E-state index contributed by atoms with van der Waals surface area (Å²) in [6.07, 6.45) is 10.9. The topological polar surface area (TPSA) is 80.2 Å². The third-order valence-electron chi connectivity index (χ3n) is 6.45. The number of aromatic nitrogens is 6. The molecule has 0 unspecified atom stereocenters. The first-order chi connectivity index (χ1) is 17.3. The third kappa shape index (κ3) is 4.40. The lowest BCUT2D eigenvalue weighted by molar-refractivity contribution is 0.401. The molecule has 8 heteroatoms. The Morgan fingerprint density at radius 3 is 2.63 bits per heavy atom. The third-order valence-corrected chi connectivity index (χ3v) is 7.56. The number of benzene rings is 2. The highest BCUT2D eigenvalue weighted by Gasteiger charge is 2.28. The number of nitrogens with one attached hydrogen (secondary N) is 1. The summed E-state index contributed by atoms with van der Waals surface area (Å²) in [4.78, 5) is 8.81. The molecule has 0 aliphatic heterocycles. The van der Waals surface area contributed by atoms with Gasteiger partial charge in [0.05, 0.1) is 20.7 Å². The van der Waals surface area contributed by atoms with Crippen molar-refractivity contribution in [2.24, 2.45) is 5.92 Å². The summed E-state index contributed by atoms with van der Waals surface area (Å²) in [5, 5.41) is 14.7. The van der Waals surface area contributed by atoms with Crippen LogP contribution < -0.4 is 0 Å². The van der Waals surface area contributed by atoms with Crippen LogP contribution in [0.5, 0.6) is 0 Å². The smallest absolute Gasteiger partial charge is 0.197 e. The molecule has 6 rings (SSSR count). The number of thiazole rings is 1. The molecule has 5 aromatic rings.